The van der Waals surface area contributed by atoms with Crippen LogP contribution in [0.2, 0.25) is 0 Å². The van der Waals surface area contributed by atoms with Gasteiger partial charge in [0.15, 0.2) is 0 Å². The van der Waals surface area contributed by atoms with Crippen molar-refractivity contribution in [1.82, 2.24) is 10.2 Å². The molecule has 3 rings (SSSR count). The Morgan fingerprint density at radius 3 is 2.67 bits per heavy atom. The number of hydrogen-bond donors (Lipinski definition) is 1. The predicted molar refractivity (Wildman–Crippen MR) is 73.8 cm³/mol. The third kappa shape index (κ3) is 2.45. The van der Waals surface area contributed by atoms with Crippen LogP contribution in [0.25, 0.3) is 0 Å². The first-order chi connectivity index (χ1) is 8.76. The van der Waals surface area contributed by atoms with Crippen LogP contribution in [0.3, 0.4) is 0 Å². The van der Waals surface area contributed by atoms with Crippen molar-refractivity contribution in [3.63, 3.8) is 0 Å². The number of nitrogens with zero attached hydrogens (tertiary/aromatic N) is 1. The van der Waals surface area contributed by atoms with Gasteiger partial charge in [0.25, 0.3) is 0 Å². The molecular weight excluding hydrogens is 224 g/mol. The van der Waals surface area contributed by atoms with Crippen molar-refractivity contribution in [2.24, 2.45) is 10.8 Å². The molecule has 0 aromatic rings. The molecule has 1 atom stereocenters. The van der Waals surface area contributed by atoms with Gasteiger partial charge in [-0.05, 0) is 56.0 Å². The Morgan fingerprint density at radius 2 is 2.00 bits per heavy atom. The van der Waals surface area contributed by atoms with E-state index in [9.17, 15) is 0 Å². The maximum absolute atomic E-state index is 5.56. The third-order valence-corrected chi connectivity index (χ3v) is 5.71. The minimum atomic E-state index is 0.551. The lowest BCUT2D eigenvalue weighted by molar-refractivity contribution is -0.00479. The topological polar surface area (TPSA) is 24.5 Å². The van der Waals surface area contributed by atoms with Gasteiger partial charge < -0.3 is 15.0 Å². The van der Waals surface area contributed by atoms with Crippen LogP contribution in [0.15, 0.2) is 0 Å². The summed E-state index contributed by atoms with van der Waals surface area (Å²) in [6.07, 6.45) is 6.66. The van der Waals surface area contributed by atoms with E-state index in [0.29, 0.717) is 10.8 Å². The molecule has 3 fully saturated rings. The fourth-order valence-electron chi connectivity index (χ4n) is 4.21. The molecule has 1 spiro atoms. The van der Waals surface area contributed by atoms with Gasteiger partial charge in [0, 0.05) is 32.8 Å². The van der Waals surface area contributed by atoms with Crippen LogP contribution in [0.1, 0.15) is 39.0 Å². The van der Waals surface area contributed by atoms with Crippen molar-refractivity contribution in [2.75, 3.05) is 45.9 Å². The van der Waals surface area contributed by atoms with Gasteiger partial charge in [0.2, 0.25) is 0 Å². The Bertz CT molecular complexity index is 280. The van der Waals surface area contributed by atoms with Gasteiger partial charge in [-0.1, -0.05) is 6.92 Å². The molecule has 0 saturated carbocycles. The Kier molecular flexibility index (Phi) is 3.65. The lowest BCUT2D eigenvalue weighted by Crippen LogP contribution is -2.41. The van der Waals surface area contributed by atoms with Gasteiger partial charge >= 0.3 is 0 Å². The fourth-order valence-corrected chi connectivity index (χ4v) is 4.21. The van der Waals surface area contributed by atoms with Crippen molar-refractivity contribution in [3.8, 4) is 0 Å². The van der Waals surface area contributed by atoms with E-state index in [4.69, 9.17) is 4.74 Å². The van der Waals surface area contributed by atoms with E-state index in [1.54, 1.807) is 0 Å². The molecule has 0 aliphatic carbocycles. The monoisotopic (exact) mass is 252 g/mol. The summed E-state index contributed by atoms with van der Waals surface area (Å²) in [7, 11) is 0. The molecule has 1 N–H and O–H groups in total. The maximum atomic E-state index is 5.56. The van der Waals surface area contributed by atoms with Crippen LogP contribution in [0.4, 0.5) is 0 Å². The van der Waals surface area contributed by atoms with Crippen LogP contribution in [-0.4, -0.2) is 50.8 Å². The average Bonchev–Trinajstić information content (AvgIpc) is 3.02. The molecule has 3 saturated heterocycles. The summed E-state index contributed by atoms with van der Waals surface area (Å²) in [4.78, 5) is 2.75. The predicted octanol–water partition coefficient (Wildman–Crippen LogP) is 1.88. The van der Waals surface area contributed by atoms with E-state index in [-0.39, 0.29) is 0 Å². The fraction of sp³-hybridized carbons (Fsp3) is 1.00. The highest BCUT2D eigenvalue weighted by Gasteiger charge is 2.42. The molecule has 0 aromatic heterocycles. The summed E-state index contributed by atoms with van der Waals surface area (Å²) >= 11 is 0. The highest BCUT2D eigenvalue weighted by atomic mass is 16.5. The molecule has 1 unspecified atom stereocenters. The van der Waals surface area contributed by atoms with E-state index in [1.807, 2.05) is 0 Å². The molecule has 18 heavy (non-hydrogen) atoms. The van der Waals surface area contributed by atoms with Crippen molar-refractivity contribution >= 4 is 0 Å². The Morgan fingerprint density at radius 1 is 1.17 bits per heavy atom. The molecule has 0 amide bonds. The lowest BCUT2D eigenvalue weighted by Gasteiger charge is -2.39. The Labute approximate surface area is 111 Å². The number of ether oxygens (including phenoxy) is 1. The molecule has 0 bridgehead atoms. The van der Waals surface area contributed by atoms with Crippen molar-refractivity contribution in [1.29, 1.82) is 0 Å². The number of rotatable bonds is 3. The van der Waals surface area contributed by atoms with Gasteiger partial charge in [-0.2, -0.15) is 0 Å². The molecule has 0 radical (unpaired) electrons. The molecule has 3 aliphatic heterocycles. The molecule has 3 heterocycles. The number of likely N-dealkylation sites (tertiary alicyclic amines) is 1. The largest absolute Gasteiger partial charge is 0.381 e. The van der Waals surface area contributed by atoms with Crippen molar-refractivity contribution in [2.45, 2.75) is 39.0 Å². The molecule has 104 valence electrons. The van der Waals surface area contributed by atoms with Crippen LogP contribution in [-0.2, 0) is 4.74 Å². The highest BCUT2D eigenvalue weighted by molar-refractivity contribution is 4.97. The smallest absolute Gasteiger partial charge is 0.0471 e. The molecule has 0 aromatic carbocycles. The standard InChI is InChI=1S/C15H28N2O/c1-2-14(5-9-18-10-6-14)12-17-8-4-15(13-17)3-7-16-11-15/h16H,2-13H2,1H3. The third-order valence-electron chi connectivity index (χ3n) is 5.71. The zero-order valence-electron chi connectivity index (χ0n) is 11.8. The van der Waals surface area contributed by atoms with Crippen molar-refractivity contribution < 1.29 is 4.74 Å². The quantitative estimate of drug-likeness (QED) is 0.830. The molecular formula is C15H28N2O. The first kappa shape index (κ1) is 12.9. The number of nitrogens with one attached hydrogen (secondary N) is 1. The van der Waals surface area contributed by atoms with Gasteiger partial charge in [-0.15, -0.1) is 0 Å². The summed E-state index contributed by atoms with van der Waals surface area (Å²) in [5, 5.41) is 3.56. The summed E-state index contributed by atoms with van der Waals surface area (Å²) in [6, 6.07) is 0. The second kappa shape index (κ2) is 5.10. The van der Waals surface area contributed by atoms with E-state index in [2.05, 4.69) is 17.1 Å². The zero-order valence-corrected chi connectivity index (χ0v) is 11.8. The minimum absolute atomic E-state index is 0.551. The van der Waals surface area contributed by atoms with E-state index in [0.717, 1.165) is 13.2 Å². The normalized spacial score (nSPS) is 36.5. The van der Waals surface area contributed by atoms with Crippen LogP contribution in [0.5, 0.6) is 0 Å². The van der Waals surface area contributed by atoms with Gasteiger partial charge in [-0.3, -0.25) is 0 Å². The van der Waals surface area contributed by atoms with Crippen molar-refractivity contribution in [3.05, 3.63) is 0 Å². The summed E-state index contributed by atoms with van der Waals surface area (Å²) in [5.74, 6) is 0. The molecule has 3 nitrogen and oxygen atoms in total. The second-order valence-electron chi connectivity index (χ2n) is 6.85. The molecule has 3 aliphatic rings. The van der Waals surface area contributed by atoms with Gasteiger partial charge in [0.1, 0.15) is 0 Å². The maximum Gasteiger partial charge on any atom is 0.0471 e. The lowest BCUT2D eigenvalue weighted by atomic mass is 9.77. The minimum Gasteiger partial charge on any atom is -0.381 e. The van der Waals surface area contributed by atoms with Gasteiger partial charge in [-0.25, -0.2) is 0 Å². The van der Waals surface area contributed by atoms with E-state index >= 15 is 0 Å². The highest BCUT2D eigenvalue weighted by Crippen LogP contribution is 2.40. The Hall–Kier alpha value is -0.120. The molecule has 3 heteroatoms. The zero-order chi connectivity index (χ0) is 12.5. The van der Waals surface area contributed by atoms with Crippen LogP contribution >= 0.6 is 0 Å². The first-order valence-corrected chi connectivity index (χ1v) is 7.77. The van der Waals surface area contributed by atoms with Crippen LogP contribution < -0.4 is 5.32 Å². The summed E-state index contributed by atoms with van der Waals surface area (Å²) < 4.78 is 5.56. The summed E-state index contributed by atoms with van der Waals surface area (Å²) in [6.45, 7) is 10.8. The second-order valence-corrected chi connectivity index (χ2v) is 6.85. The average molecular weight is 252 g/mol. The Balaban J connectivity index is 1.59. The number of hydrogen-bond acceptors (Lipinski definition) is 3. The van der Waals surface area contributed by atoms with Crippen LogP contribution in [0, 0.1) is 10.8 Å². The van der Waals surface area contributed by atoms with E-state index < -0.39 is 0 Å². The summed E-state index contributed by atoms with van der Waals surface area (Å²) in [5.41, 5.74) is 1.18. The van der Waals surface area contributed by atoms with E-state index in [1.165, 1.54) is 64.8 Å². The first-order valence-electron chi connectivity index (χ1n) is 7.77. The SMILES string of the molecule is CCC1(CN2CCC3(CCNC3)C2)CCOCC1. The van der Waals surface area contributed by atoms with Gasteiger partial charge in [0.05, 0.1) is 0 Å².